The van der Waals surface area contributed by atoms with Gasteiger partial charge in [0.05, 0.1) is 11.9 Å². The molecule has 1 aliphatic heterocycles. The van der Waals surface area contributed by atoms with Crippen LogP contribution in [0.5, 0.6) is 0 Å². The van der Waals surface area contributed by atoms with Crippen LogP contribution in [0.25, 0.3) is 0 Å². The summed E-state index contributed by atoms with van der Waals surface area (Å²) in [5, 5.41) is 1.03. The molecule has 0 unspecified atom stereocenters. The van der Waals surface area contributed by atoms with Gasteiger partial charge in [0.1, 0.15) is 11.6 Å². The van der Waals surface area contributed by atoms with Crippen LogP contribution in [-0.4, -0.2) is 40.5 Å². The number of hydrogen-bond acceptors (Lipinski definition) is 7. The summed E-state index contributed by atoms with van der Waals surface area (Å²) in [7, 11) is 0. The Morgan fingerprint density at radius 2 is 1.86 bits per heavy atom. The highest BCUT2D eigenvalue weighted by molar-refractivity contribution is 7.09. The number of nitrogens with zero attached hydrogens (tertiary/aromatic N) is 5. The third kappa shape index (κ3) is 3.07. The zero-order chi connectivity index (χ0) is 14.8. The predicted molar refractivity (Wildman–Crippen MR) is 87.1 cm³/mol. The number of rotatable bonds is 3. The van der Waals surface area contributed by atoms with Crippen LogP contribution in [0.2, 0.25) is 0 Å². The molecule has 0 saturated carbocycles. The molecule has 21 heavy (non-hydrogen) atoms. The van der Waals surface area contributed by atoms with Crippen molar-refractivity contribution in [2.24, 2.45) is 0 Å². The Morgan fingerprint density at radius 1 is 1.14 bits per heavy atom. The molecule has 0 bridgehead atoms. The van der Waals surface area contributed by atoms with Crippen molar-refractivity contribution in [3.63, 3.8) is 0 Å². The molecule has 6 nitrogen and oxygen atoms in total. The standard InChI is InChI=1S/C14H20N6S/c1-10(2)13-17-14(21-18-13)20-7-5-19(6-8-20)12-4-3-11(15)9-16-12/h3-4,9-10H,5-8,15H2,1-2H3. The van der Waals surface area contributed by atoms with Gasteiger partial charge in [0, 0.05) is 43.6 Å². The van der Waals surface area contributed by atoms with Crippen molar-refractivity contribution in [3.8, 4) is 0 Å². The van der Waals surface area contributed by atoms with Crippen LogP contribution in [0.1, 0.15) is 25.6 Å². The normalized spacial score (nSPS) is 15.8. The van der Waals surface area contributed by atoms with Crippen LogP contribution in [0.3, 0.4) is 0 Å². The van der Waals surface area contributed by atoms with Crippen LogP contribution in [0, 0.1) is 0 Å². The van der Waals surface area contributed by atoms with E-state index in [2.05, 4.69) is 38.0 Å². The fourth-order valence-corrected chi connectivity index (χ4v) is 3.16. The second kappa shape index (κ2) is 5.85. The van der Waals surface area contributed by atoms with Gasteiger partial charge in [0.25, 0.3) is 0 Å². The molecule has 1 saturated heterocycles. The summed E-state index contributed by atoms with van der Waals surface area (Å²) in [4.78, 5) is 13.6. The van der Waals surface area contributed by atoms with Gasteiger partial charge >= 0.3 is 0 Å². The van der Waals surface area contributed by atoms with Crippen molar-refractivity contribution < 1.29 is 0 Å². The number of anilines is 3. The molecular weight excluding hydrogens is 284 g/mol. The van der Waals surface area contributed by atoms with Crippen LogP contribution in [0.15, 0.2) is 18.3 Å². The third-order valence-corrected chi connectivity index (χ3v) is 4.38. The van der Waals surface area contributed by atoms with E-state index < -0.39 is 0 Å². The molecule has 2 N–H and O–H groups in total. The number of pyridine rings is 1. The number of nitrogens with two attached hydrogens (primary N) is 1. The average molecular weight is 304 g/mol. The first kappa shape index (κ1) is 14.1. The van der Waals surface area contributed by atoms with E-state index >= 15 is 0 Å². The number of aromatic nitrogens is 3. The lowest BCUT2D eigenvalue weighted by molar-refractivity contribution is 0.644. The first-order valence-electron chi connectivity index (χ1n) is 7.18. The molecule has 2 aromatic rings. The van der Waals surface area contributed by atoms with Crippen molar-refractivity contribution in [2.45, 2.75) is 19.8 Å². The van der Waals surface area contributed by atoms with E-state index in [1.54, 1.807) is 6.20 Å². The van der Waals surface area contributed by atoms with Gasteiger partial charge < -0.3 is 15.5 Å². The molecule has 1 aliphatic rings. The summed E-state index contributed by atoms with van der Waals surface area (Å²) in [5.74, 6) is 2.32. The molecule has 0 amide bonds. The largest absolute Gasteiger partial charge is 0.397 e. The summed E-state index contributed by atoms with van der Waals surface area (Å²) < 4.78 is 4.43. The van der Waals surface area contributed by atoms with E-state index in [9.17, 15) is 0 Å². The molecule has 1 fully saturated rings. The second-order valence-electron chi connectivity index (χ2n) is 5.51. The fourth-order valence-electron chi connectivity index (χ4n) is 2.30. The molecule has 3 rings (SSSR count). The topological polar surface area (TPSA) is 71.2 Å². The maximum absolute atomic E-state index is 5.68. The Bertz CT molecular complexity index is 586. The van der Waals surface area contributed by atoms with Gasteiger partial charge in [-0.3, -0.25) is 0 Å². The average Bonchev–Trinajstić information content (AvgIpc) is 2.98. The number of nitrogen functional groups attached to an aromatic ring is 1. The summed E-state index contributed by atoms with van der Waals surface area (Å²) in [6, 6.07) is 3.88. The number of piperazine rings is 1. The molecule has 0 radical (unpaired) electrons. The Balaban J connectivity index is 1.63. The van der Waals surface area contributed by atoms with Crippen molar-refractivity contribution in [3.05, 3.63) is 24.2 Å². The zero-order valence-corrected chi connectivity index (χ0v) is 13.2. The third-order valence-electron chi connectivity index (χ3n) is 3.59. The van der Waals surface area contributed by atoms with Crippen LogP contribution >= 0.6 is 11.5 Å². The Kier molecular flexibility index (Phi) is 3.92. The van der Waals surface area contributed by atoms with Crippen molar-refractivity contribution in [2.75, 3.05) is 41.7 Å². The maximum atomic E-state index is 5.68. The smallest absolute Gasteiger partial charge is 0.205 e. The van der Waals surface area contributed by atoms with Crippen molar-refractivity contribution >= 4 is 28.2 Å². The zero-order valence-electron chi connectivity index (χ0n) is 12.4. The molecule has 7 heteroatoms. The van der Waals surface area contributed by atoms with Crippen LogP contribution in [-0.2, 0) is 0 Å². The van der Waals surface area contributed by atoms with Gasteiger partial charge in [-0.2, -0.15) is 4.37 Å². The lowest BCUT2D eigenvalue weighted by Gasteiger charge is -2.35. The quantitative estimate of drug-likeness (QED) is 0.934. The molecule has 3 heterocycles. The summed E-state index contributed by atoms with van der Waals surface area (Å²) in [6.07, 6.45) is 1.71. The van der Waals surface area contributed by atoms with E-state index in [1.165, 1.54) is 11.5 Å². The van der Waals surface area contributed by atoms with E-state index in [1.807, 2.05) is 12.1 Å². The first-order valence-corrected chi connectivity index (χ1v) is 7.96. The Morgan fingerprint density at radius 3 is 2.43 bits per heavy atom. The first-order chi connectivity index (χ1) is 10.1. The highest BCUT2D eigenvalue weighted by Gasteiger charge is 2.21. The minimum Gasteiger partial charge on any atom is -0.397 e. The molecule has 0 aromatic carbocycles. The van der Waals surface area contributed by atoms with Crippen molar-refractivity contribution in [1.29, 1.82) is 0 Å². The summed E-state index contributed by atoms with van der Waals surface area (Å²) >= 11 is 1.50. The fraction of sp³-hybridized carbons (Fsp3) is 0.500. The Hall–Kier alpha value is -1.89. The summed E-state index contributed by atoms with van der Waals surface area (Å²) in [5.41, 5.74) is 6.38. The maximum Gasteiger partial charge on any atom is 0.205 e. The monoisotopic (exact) mass is 304 g/mol. The second-order valence-corrected chi connectivity index (χ2v) is 6.24. The van der Waals surface area contributed by atoms with Gasteiger partial charge in [-0.15, -0.1) is 0 Å². The van der Waals surface area contributed by atoms with Crippen LogP contribution < -0.4 is 15.5 Å². The van der Waals surface area contributed by atoms with E-state index in [0.29, 0.717) is 11.6 Å². The lowest BCUT2D eigenvalue weighted by Crippen LogP contribution is -2.46. The van der Waals surface area contributed by atoms with Gasteiger partial charge in [-0.25, -0.2) is 9.97 Å². The minimum absolute atomic E-state index is 0.385. The molecular formula is C14H20N6S. The Labute approximate surface area is 128 Å². The minimum atomic E-state index is 0.385. The summed E-state index contributed by atoms with van der Waals surface area (Å²) in [6.45, 7) is 8.01. The number of hydrogen-bond donors (Lipinski definition) is 1. The van der Waals surface area contributed by atoms with E-state index in [4.69, 9.17) is 5.73 Å². The molecule has 112 valence electrons. The van der Waals surface area contributed by atoms with E-state index in [-0.39, 0.29) is 0 Å². The molecule has 2 aromatic heterocycles. The highest BCUT2D eigenvalue weighted by atomic mass is 32.1. The molecule has 0 spiro atoms. The predicted octanol–water partition coefficient (Wildman–Crippen LogP) is 1.97. The van der Waals surface area contributed by atoms with Gasteiger partial charge in [0.2, 0.25) is 5.13 Å². The van der Waals surface area contributed by atoms with Gasteiger partial charge in [-0.1, -0.05) is 13.8 Å². The highest BCUT2D eigenvalue weighted by Crippen LogP contribution is 2.23. The lowest BCUT2D eigenvalue weighted by atomic mass is 10.2. The van der Waals surface area contributed by atoms with Crippen molar-refractivity contribution in [1.82, 2.24) is 14.3 Å². The van der Waals surface area contributed by atoms with Crippen LogP contribution in [0.4, 0.5) is 16.6 Å². The molecule has 0 atom stereocenters. The van der Waals surface area contributed by atoms with E-state index in [0.717, 1.165) is 43.0 Å². The van der Waals surface area contributed by atoms with Gasteiger partial charge in [-0.05, 0) is 12.1 Å². The SMILES string of the molecule is CC(C)c1nsc(N2CCN(c3ccc(N)cn3)CC2)n1. The molecule has 0 aliphatic carbocycles. The van der Waals surface area contributed by atoms with Gasteiger partial charge in [0.15, 0.2) is 0 Å².